The predicted molar refractivity (Wildman–Crippen MR) is 71.2 cm³/mol. The van der Waals surface area contributed by atoms with Gasteiger partial charge in [0.05, 0.1) is 18.9 Å². The van der Waals surface area contributed by atoms with Crippen LogP contribution in [0.2, 0.25) is 0 Å². The molecule has 0 saturated carbocycles. The summed E-state index contributed by atoms with van der Waals surface area (Å²) in [4.78, 5) is 12.5. The van der Waals surface area contributed by atoms with Gasteiger partial charge in [0, 0.05) is 12.2 Å². The Morgan fingerprint density at radius 1 is 1.47 bits per heavy atom. The second-order valence-corrected chi connectivity index (χ2v) is 4.12. The Hall–Kier alpha value is -2.37. The maximum atomic E-state index is 12.5. The molecule has 1 heterocycles. The van der Waals surface area contributed by atoms with Gasteiger partial charge in [0.2, 0.25) is 5.78 Å². The van der Waals surface area contributed by atoms with Crippen molar-refractivity contribution in [3.05, 3.63) is 35.7 Å². The molecule has 1 aromatic heterocycles. The van der Waals surface area contributed by atoms with Gasteiger partial charge >= 0.3 is 0 Å². The van der Waals surface area contributed by atoms with E-state index in [1.807, 2.05) is 6.92 Å². The number of carbonyl (C=O) groups is 1. The summed E-state index contributed by atoms with van der Waals surface area (Å²) in [5, 5.41) is 7.68. The summed E-state index contributed by atoms with van der Waals surface area (Å²) in [7, 11) is 1.54. The number of hydrogen-bond donors (Lipinski definition) is 1. The standard InChI is InChI=1S/C13H16N4O2/c1-3-6-17-12(8-15-16-17)13(18)10-7-9(19-2)4-5-11(10)14/h4-5,7-8H,3,6,14H2,1-2H3. The van der Waals surface area contributed by atoms with Gasteiger partial charge in [0.15, 0.2) is 0 Å². The van der Waals surface area contributed by atoms with Crippen LogP contribution in [0.15, 0.2) is 24.4 Å². The number of carbonyl (C=O) groups excluding carboxylic acids is 1. The number of nitrogens with two attached hydrogens (primary N) is 1. The topological polar surface area (TPSA) is 83.0 Å². The molecule has 0 atom stereocenters. The van der Waals surface area contributed by atoms with E-state index in [0.29, 0.717) is 29.2 Å². The minimum atomic E-state index is -0.199. The number of ether oxygens (including phenoxy) is 1. The van der Waals surface area contributed by atoms with Gasteiger partial charge in [-0.25, -0.2) is 4.68 Å². The summed E-state index contributed by atoms with van der Waals surface area (Å²) in [6.07, 6.45) is 2.33. The fourth-order valence-electron chi connectivity index (χ4n) is 1.81. The molecule has 0 amide bonds. The van der Waals surface area contributed by atoms with Crippen LogP contribution in [0, 0.1) is 0 Å². The van der Waals surface area contributed by atoms with E-state index in [-0.39, 0.29) is 5.78 Å². The number of nitrogens with zero attached hydrogens (tertiary/aromatic N) is 3. The Bertz CT molecular complexity index is 592. The van der Waals surface area contributed by atoms with Gasteiger partial charge < -0.3 is 10.5 Å². The zero-order valence-electron chi connectivity index (χ0n) is 11.0. The number of methoxy groups -OCH3 is 1. The average Bonchev–Trinajstić information content (AvgIpc) is 2.87. The number of aromatic nitrogens is 3. The van der Waals surface area contributed by atoms with Gasteiger partial charge in [-0.2, -0.15) is 0 Å². The third kappa shape index (κ3) is 2.57. The van der Waals surface area contributed by atoms with Crippen LogP contribution in [0.3, 0.4) is 0 Å². The molecule has 0 unspecified atom stereocenters. The summed E-state index contributed by atoms with van der Waals surface area (Å²) < 4.78 is 6.69. The Morgan fingerprint density at radius 3 is 2.95 bits per heavy atom. The fraction of sp³-hybridized carbons (Fsp3) is 0.308. The van der Waals surface area contributed by atoms with Crippen molar-refractivity contribution >= 4 is 11.5 Å². The normalized spacial score (nSPS) is 10.4. The number of nitrogen functional groups attached to an aromatic ring is 1. The quantitative estimate of drug-likeness (QED) is 0.650. The summed E-state index contributed by atoms with van der Waals surface area (Å²) in [5.41, 5.74) is 7.09. The van der Waals surface area contributed by atoms with Crippen LogP contribution < -0.4 is 10.5 Å². The molecular formula is C13H16N4O2. The van der Waals surface area contributed by atoms with Crippen LogP contribution in [-0.2, 0) is 6.54 Å². The molecule has 100 valence electrons. The molecule has 19 heavy (non-hydrogen) atoms. The van der Waals surface area contributed by atoms with Crippen LogP contribution in [-0.4, -0.2) is 27.9 Å². The van der Waals surface area contributed by atoms with E-state index in [4.69, 9.17) is 10.5 Å². The predicted octanol–water partition coefficient (Wildman–Crippen LogP) is 1.51. The number of ketones is 1. The third-order valence-corrected chi connectivity index (χ3v) is 2.79. The van der Waals surface area contributed by atoms with Crippen molar-refractivity contribution in [1.82, 2.24) is 15.0 Å². The van der Waals surface area contributed by atoms with Gasteiger partial charge in [-0.3, -0.25) is 4.79 Å². The lowest BCUT2D eigenvalue weighted by Crippen LogP contribution is -2.13. The first-order valence-electron chi connectivity index (χ1n) is 6.04. The number of benzene rings is 1. The Kier molecular flexibility index (Phi) is 3.79. The van der Waals surface area contributed by atoms with Crippen LogP contribution >= 0.6 is 0 Å². The zero-order valence-corrected chi connectivity index (χ0v) is 11.0. The lowest BCUT2D eigenvalue weighted by atomic mass is 10.1. The second kappa shape index (κ2) is 5.51. The molecule has 0 aliphatic carbocycles. The van der Waals surface area contributed by atoms with Gasteiger partial charge in [-0.15, -0.1) is 5.10 Å². The van der Waals surface area contributed by atoms with Crippen LogP contribution in [0.1, 0.15) is 29.4 Å². The van der Waals surface area contributed by atoms with E-state index in [9.17, 15) is 4.79 Å². The monoisotopic (exact) mass is 260 g/mol. The number of aryl methyl sites for hydroxylation is 1. The number of hydrogen-bond acceptors (Lipinski definition) is 5. The van der Waals surface area contributed by atoms with Crippen molar-refractivity contribution < 1.29 is 9.53 Å². The molecule has 0 spiro atoms. The lowest BCUT2D eigenvalue weighted by Gasteiger charge is -2.08. The molecule has 2 aromatic rings. The highest BCUT2D eigenvalue weighted by molar-refractivity contribution is 6.11. The van der Waals surface area contributed by atoms with E-state index in [0.717, 1.165) is 6.42 Å². The molecule has 0 aliphatic heterocycles. The molecule has 0 bridgehead atoms. The Morgan fingerprint density at radius 2 is 2.26 bits per heavy atom. The summed E-state index contributed by atoms with van der Waals surface area (Å²) in [6.45, 7) is 2.65. The summed E-state index contributed by atoms with van der Waals surface area (Å²) in [5.74, 6) is 0.391. The van der Waals surface area contributed by atoms with Crippen molar-refractivity contribution in [3.8, 4) is 5.75 Å². The molecule has 0 radical (unpaired) electrons. The SMILES string of the molecule is CCCn1nncc1C(=O)c1cc(OC)ccc1N. The Balaban J connectivity index is 2.40. The molecule has 0 saturated heterocycles. The van der Waals surface area contributed by atoms with E-state index >= 15 is 0 Å². The maximum Gasteiger partial charge on any atom is 0.214 e. The highest BCUT2D eigenvalue weighted by atomic mass is 16.5. The minimum absolute atomic E-state index is 0.199. The van der Waals surface area contributed by atoms with E-state index in [1.165, 1.54) is 6.20 Å². The van der Waals surface area contributed by atoms with Gasteiger partial charge in [0.1, 0.15) is 11.4 Å². The highest BCUT2D eigenvalue weighted by Gasteiger charge is 2.18. The highest BCUT2D eigenvalue weighted by Crippen LogP contribution is 2.22. The molecule has 6 heteroatoms. The smallest absolute Gasteiger partial charge is 0.214 e. The lowest BCUT2D eigenvalue weighted by molar-refractivity contribution is 0.102. The van der Waals surface area contributed by atoms with Crippen LogP contribution in [0.25, 0.3) is 0 Å². The molecule has 0 aliphatic rings. The van der Waals surface area contributed by atoms with Crippen molar-refractivity contribution in [2.45, 2.75) is 19.9 Å². The number of anilines is 1. The van der Waals surface area contributed by atoms with E-state index < -0.39 is 0 Å². The maximum absolute atomic E-state index is 12.5. The molecule has 2 rings (SSSR count). The van der Waals surface area contributed by atoms with Crippen LogP contribution in [0.5, 0.6) is 5.75 Å². The fourth-order valence-corrected chi connectivity index (χ4v) is 1.81. The molecule has 2 N–H and O–H groups in total. The van der Waals surface area contributed by atoms with Gasteiger partial charge in [0.25, 0.3) is 0 Å². The minimum Gasteiger partial charge on any atom is -0.497 e. The van der Waals surface area contributed by atoms with Crippen molar-refractivity contribution in [3.63, 3.8) is 0 Å². The summed E-state index contributed by atoms with van der Waals surface area (Å²) in [6, 6.07) is 4.99. The molecule has 1 aromatic carbocycles. The third-order valence-electron chi connectivity index (χ3n) is 2.79. The molecule has 0 fully saturated rings. The van der Waals surface area contributed by atoms with E-state index in [1.54, 1.807) is 30.0 Å². The first-order chi connectivity index (χ1) is 9.17. The largest absolute Gasteiger partial charge is 0.497 e. The average molecular weight is 260 g/mol. The van der Waals surface area contributed by atoms with Gasteiger partial charge in [-0.1, -0.05) is 12.1 Å². The zero-order chi connectivity index (χ0) is 13.8. The van der Waals surface area contributed by atoms with Crippen molar-refractivity contribution in [2.24, 2.45) is 0 Å². The first kappa shape index (κ1) is 13.1. The first-order valence-corrected chi connectivity index (χ1v) is 6.04. The second-order valence-electron chi connectivity index (χ2n) is 4.12. The molecular weight excluding hydrogens is 244 g/mol. The summed E-state index contributed by atoms with van der Waals surface area (Å²) >= 11 is 0. The van der Waals surface area contributed by atoms with Crippen molar-refractivity contribution in [1.29, 1.82) is 0 Å². The number of rotatable bonds is 5. The van der Waals surface area contributed by atoms with Crippen molar-refractivity contribution in [2.75, 3.05) is 12.8 Å². The Labute approximate surface area is 111 Å². The van der Waals surface area contributed by atoms with E-state index in [2.05, 4.69) is 10.3 Å². The van der Waals surface area contributed by atoms with Gasteiger partial charge in [-0.05, 0) is 24.6 Å². The van der Waals surface area contributed by atoms with Crippen LogP contribution in [0.4, 0.5) is 5.69 Å². The molecule has 6 nitrogen and oxygen atoms in total.